The molecule has 4 nitrogen and oxygen atoms in total. The molecule has 0 spiro atoms. The minimum absolute atomic E-state index is 0.437. The predicted octanol–water partition coefficient (Wildman–Crippen LogP) is 2.23. The van der Waals surface area contributed by atoms with Crippen LogP contribution >= 0.6 is 15.9 Å². The van der Waals surface area contributed by atoms with Crippen LogP contribution in [0, 0.1) is 0 Å². The van der Waals surface area contributed by atoms with E-state index < -0.39 is 0 Å². The number of ether oxygens (including phenoxy) is 1. The number of nitrogen functional groups attached to an aromatic ring is 1. The second-order valence-corrected chi connectivity index (χ2v) is 3.92. The van der Waals surface area contributed by atoms with Crippen molar-refractivity contribution in [3.63, 3.8) is 0 Å². The molecule has 0 aliphatic rings. The minimum Gasteiger partial charge on any atom is -0.481 e. The van der Waals surface area contributed by atoms with Crippen molar-refractivity contribution in [2.45, 2.75) is 0 Å². The van der Waals surface area contributed by atoms with E-state index in [4.69, 9.17) is 10.5 Å². The van der Waals surface area contributed by atoms with Gasteiger partial charge in [-0.05, 0) is 18.2 Å². The van der Waals surface area contributed by atoms with Gasteiger partial charge in [0, 0.05) is 10.5 Å². The van der Waals surface area contributed by atoms with Gasteiger partial charge in [-0.2, -0.15) is 4.68 Å². The summed E-state index contributed by atoms with van der Waals surface area (Å²) in [5.74, 6) is 1.05. The Morgan fingerprint density at radius 3 is 2.87 bits per heavy atom. The Hall–Kier alpha value is -1.49. The maximum atomic E-state index is 5.61. The molecule has 2 N–H and O–H groups in total. The van der Waals surface area contributed by atoms with Crippen molar-refractivity contribution in [3.05, 3.63) is 34.8 Å². The van der Waals surface area contributed by atoms with E-state index in [1.807, 2.05) is 24.3 Å². The number of hydrogen-bond donors (Lipinski definition) is 1. The number of benzene rings is 1. The lowest BCUT2D eigenvalue weighted by Gasteiger charge is -2.05. The highest BCUT2D eigenvalue weighted by molar-refractivity contribution is 9.10. The Bertz CT molecular complexity index is 481. The molecule has 0 unspecified atom stereocenters. The number of hydrogen-bond acceptors (Lipinski definition) is 3. The van der Waals surface area contributed by atoms with Gasteiger partial charge < -0.3 is 10.5 Å². The van der Waals surface area contributed by atoms with Crippen molar-refractivity contribution >= 4 is 21.7 Å². The molecule has 2 rings (SSSR count). The molecule has 5 heteroatoms. The highest BCUT2D eigenvalue weighted by Crippen LogP contribution is 2.22. The normalized spacial score (nSPS) is 10.3. The van der Waals surface area contributed by atoms with Gasteiger partial charge in [-0.25, -0.2) is 0 Å². The Labute approximate surface area is 95.8 Å². The third-order valence-electron chi connectivity index (χ3n) is 1.96. The number of anilines is 1. The molecule has 0 amide bonds. The smallest absolute Gasteiger partial charge is 0.218 e. The van der Waals surface area contributed by atoms with E-state index in [0.717, 1.165) is 10.2 Å². The maximum absolute atomic E-state index is 5.61. The fraction of sp³-hybridized carbons (Fsp3) is 0.100. The monoisotopic (exact) mass is 267 g/mol. The summed E-state index contributed by atoms with van der Waals surface area (Å²) in [6, 6.07) is 9.43. The molecule has 0 aliphatic heterocycles. The van der Waals surface area contributed by atoms with Crippen LogP contribution < -0.4 is 10.5 Å². The van der Waals surface area contributed by atoms with E-state index in [1.54, 1.807) is 17.9 Å². The van der Waals surface area contributed by atoms with E-state index in [-0.39, 0.29) is 0 Å². The van der Waals surface area contributed by atoms with Gasteiger partial charge in [0.25, 0.3) is 0 Å². The molecule has 1 aromatic carbocycles. The molecule has 0 atom stereocenters. The van der Waals surface area contributed by atoms with Crippen molar-refractivity contribution in [2.24, 2.45) is 0 Å². The summed E-state index contributed by atoms with van der Waals surface area (Å²) in [5.41, 5.74) is 6.51. The van der Waals surface area contributed by atoms with Gasteiger partial charge in [-0.1, -0.05) is 22.0 Å². The van der Waals surface area contributed by atoms with E-state index in [0.29, 0.717) is 11.7 Å². The molecule has 15 heavy (non-hydrogen) atoms. The molecule has 2 aromatic rings. The lowest BCUT2D eigenvalue weighted by molar-refractivity contribution is 0.383. The van der Waals surface area contributed by atoms with E-state index in [2.05, 4.69) is 21.0 Å². The quantitative estimate of drug-likeness (QED) is 0.908. The van der Waals surface area contributed by atoms with E-state index >= 15 is 0 Å². The van der Waals surface area contributed by atoms with E-state index in [1.165, 1.54) is 0 Å². The number of nitrogens with two attached hydrogens (primary N) is 1. The zero-order valence-electron chi connectivity index (χ0n) is 8.14. The topological polar surface area (TPSA) is 53.1 Å². The van der Waals surface area contributed by atoms with Crippen LogP contribution in [0.25, 0.3) is 5.69 Å². The molecule has 78 valence electrons. The van der Waals surface area contributed by atoms with Crippen molar-refractivity contribution in [2.75, 3.05) is 12.8 Å². The van der Waals surface area contributed by atoms with Crippen molar-refractivity contribution < 1.29 is 4.74 Å². The summed E-state index contributed by atoms with van der Waals surface area (Å²) in [6.45, 7) is 0. The Morgan fingerprint density at radius 2 is 2.20 bits per heavy atom. The van der Waals surface area contributed by atoms with Crippen LogP contribution in [0.3, 0.4) is 0 Å². The largest absolute Gasteiger partial charge is 0.481 e. The summed E-state index contributed by atoms with van der Waals surface area (Å²) >= 11 is 3.40. The first-order chi connectivity index (χ1) is 7.20. The molecular weight excluding hydrogens is 258 g/mol. The second kappa shape index (κ2) is 3.94. The van der Waals surface area contributed by atoms with Gasteiger partial charge in [0.05, 0.1) is 12.8 Å². The van der Waals surface area contributed by atoms with Gasteiger partial charge in [0.2, 0.25) is 5.88 Å². The van der Waals surface area contributed by atoms with Crippen LogP contribution in [-0.4, -0.2) is 16.9 Å². The van der Waals surface area contributed by atoms with Crippen molar-refractivity contribution in [1.82, 2.24) is 9.78 Å². The third kappa shape index (κ3) is 1.97. The first-order valence-corrected chi connectivity index (χ1v) is 5.15. The van der Waals surface area contributed by atoms with Gasteiger partial charge in [0.15, 0.2) is 0 Å². The summed E-state index contributed by atoms with van der Waals surface area (Å²) in [7, 11) is 1.59. The summed E-state index contributed by atoms with van der Waals surface area (Å²) in [6.07, 6.45) is 0. The van der Waals surface area contributed by atoms with Gasteiger partial charge >= 0.3 is 0 Å². The molecule has 0 saturated carbocycles. The molecule has 0 fully saturated rings. The van der Waals surface area contributed by atoms with Crippen LogP contribution in [0.1, 0.15) is 0 Å². The number of halogens is 1. The molecule has 1 aromatic heterocycles. The van der Waals surface area contributed by atoms with Crippen LogP contribution in [-0.2, 0) is 0 Å². The fourth-order valence-corrected chi connectivity index (χ4v) is 1.71. The maximum Gasteiger partial charge on any atom is 0.218 e. The lowest BCUT2D eigenvalue weighted by Crippen LogP contribution is -2.00. The number of methoxy groups -OCH3 is 1. The highest BCUT2D eigenvalue weighted by Gasteiger charge is 2.07. The molecule has 0 aliphatic carbocycles. The standard InChI is InChI=1S/C10H10BrN3O/c1-15-10-6-9(12)13-14(10)8-4-2-3-7(11)5-8/h2-6H,1H3,(H2,12,13). The van der Waals surface area contributed by atoms with Gasteiger partial charge in [-0.3, -0.25) is 0 Å². The Balaban J connectivity index is 2.53. The number of nitrogens with zero attached hydrogens (tertiary/aromatic N) is 2. The number of rotatable bonds is 2. The average Bonchev–Trinajstić information content (AvgIpc) is 2.59. The Kier molecular flexibility index (Phi) is 2.64. The highest BCUT2D eigenvalue weighted by atomic mass is 79.9. The van der Waals surface area contributed by atoms with Crippen LogP contribution in [0.2, 0.25) is 0 Å². The summed E-state index contributed by atoms with van der Waals surface area (Å²) < 4.78 is 7.80. The van der Waals surface area contributed by atoms with Gasteiger partial charge in [0.1, 0.15) is 5.82 Å². The summed E-state index contributed by atoms with van der Waals surface area (Å²) in [4.78, 5) is 0. The zero-order valence-corrected chi connectivity index (χ0v) is 9.73. The molecule has 0 bridgehead atoms. The van der Waals surface area contributed by atoms with Crippen LogP contribution in [0.4, 0.5) is 5.82 Å². The second-order valence-electron chi connectivity index (χ2n) is 3.00. The summed E-state index contributed by atoms with van der Waals surface area (Å²) in [5, 5.41) is 4.14. The van der Waals surface area contributed by atoms with Crippen molar-refractivity contribution in [1.29, 1.82) is 0 Å². The number of aromatic nitrogens is 2. The fourth-order valence-electron chi connectivity index (χ4n) is 1.32. The minimum atomic E-state index is 0.437. The molecule has 1 heterocycles. The SMILES string of the molecule is COc1cc(N)nn1-c1cccc(Br)c1. The van der Waals surface area contributed by atoms with Gasteiger partial charge in [-0.15, -0.1) is 5.10 Å². The average molecular weight is 268 g/mol. The molecule has 0 radical (unpaired) electrons. The van der Waals surface area contributed by atoms with Crippen LogP contribution in [0.5, 0.6) is 5.88 Å². The zero-order chi connectivity index (χ0) is 10.8. The predicted molar refractivity (Wildman–Crippen MR) is 62.2 cm³/mol. The van der Waals surface area contributed by atoms with Crippen LogP contribution in [0.15, 0.2) is 34.8 Å². The first-order valence-electron chi connectivity index (χ1n) is 4.36. The van der Waals surface area contributed by atoms with Crippen molar-refractivity contribution in [3.8, 4) is 11.6 Å². The third-order valence-corrected chi connectivity index (χ3v) is 2.45. The molecule has 0 saturated heterocycles. The van der Waals surface area contributed by atoms with E-state index in [9.17, 15) is 0 Å². The molecular formula is C10H10BrN3O. The first kappa shape index (κ1) is 10.0. The lowest BCUT2D eigenvalue weighted by atomic mass is 10.3. The Morgan fingerprint density at radius 1 is 1.40 bits per heavy atom.